The number of hydrogen-bond acceptors (Lipinski definition) is 10. The van der Waals surface area contributed by atoms with Gasteiger partial charge >= 0.3 is 0 Å². The summed E-state index contributed by atoms with van der Waals surface area (Å²) in [5.74, 6) is 0. The predicted molar refractivity (Wildman–Crippen MR) is 251 cm³/mol. The van der Waals surface area contributed by atoms with E-state index in [0.29, 0.717) is 34.9 Å². The number of quaternary nitrogens is 2. The molecular weight excluding hydrogens is 797 g/mol. The number of aliphatic hydroxyl groups is 6. The minimum atomic E-state index is -5.17. The van der Waals surface area contributed by atoms with Crippen LogP contribution in [-0.2, 0) is 10.4 Å². The molecule has 368 valence electrons. The highest BCUT2D eigenvalue weighted by molar-refractivity contribution is 7.79. The van der Waals surface area contributed by atoms with E-state index >= 15 is 0 Å². The molecule has 0 radical (unpaired) electrons. The third-order valence-electron chi connectivity index (χ3n) is 11.6. The quantitative estimate of drug-likeness (QED) is 0.00856. The first-order valence-electron chi connectivity index (χ1n) is 24.8. The van der Waals surface area contributed by atoms with Crippen molar-refractivity contribution in [3.05, 3.63) is 24.3 Å². The van der Waals surface area contributed by atoms with Gasteiger partial charge in [-0.25, -0.2) is 0 Å². The summed E-state index contributed by atoms with van der Waals surface area (Å²) >= 11 is 0. The fourth-order valence-electron chi connectivity index (χ4n) is 7.72. The normalized spacial score (nSPS) is 13.8. The van der Waals surface area contributed by atoms with Gasteiger partial charge in [0.05, 0.1) is 39.4 Å². The highest BCUT2D eigenvalue weighted by atomic mass is 32.3. The van der Waals surface area contributed by atoms with E-state index in [4.69, 9.17) is 27.7 Å². The molecule has 0 spiro atoms. The van der Waals surface area contributed by atoms with Crippen LogP contribution < -0.4 is 0 Å². The molecule has 0 aromatic carbocycles. The topological polar surface area (TPSA) is 202 Å². The first-order valence-corrected chi connectivity index (χ1v) is 26.1. The number of allylic oxidation sites excluding steroid dienone is 4. The van der Waals surface area contributed by atoms with Gasteiger partial charge in [0, 0.05) is 36.5 Å². The van der Waals surface area contributed by atoms with Gasteiger partial charge in [-0.2, -0.15) is 0 Å². The second-order valence-electron chi connectivity index (χ2n) is 17.2. The molecule has 2 atom stereocenters. The van der Waals surface area contributed by atoms with Crippen molar-refractivity contribution in [3.8, 4) is 0 Å². The lowest BCUT2D eigenvalue weighted by atomic mass is 10.1. The molecule has 2 unspecified atom stereocenters. The monoisotopic (exact) mass is 897 g/mol. The van der Waals surface area contributed by atoms with E-state index in [-0.39, 0.29) is 39.9 Å². The maximum atomic E-state index is 9.73. The van der Waals surface area contributed by atoms with E-state index in [1.165, 1.54) is 167 Å². The minimum Gasteiger partial charge on any atom is -0.759 e. The first-order chi connectivity index (χ1) is 29.5. The van der Waals surface area contributed by atoms with Gasteiger partial charge < -0.3 is 39.7 Å². The summed E-state index contributed by atoms with van der Waals surface area (Å²) in [6, 6.07) is 0. The summed E-state index contributed by atoms with van der Waals surface area (Å²) in [4.78, 5) is 0. The van der Waals surface area contributed by atoms with Gasteiger partial charge in [0.25, 0.3) is 0 Å². The third kappa shape index (κ3) is 51.5. The maximum absolute atomic E-state index is 9.73. The van der Waals surface area contributed by atoms with Gasteiger partial charge in [-0.1, -0.05) is 141 Å². The molecule has 0 saturated carbocycles. The Hall–Kier alpha value is -0.970. The Morgan fingerprint density at radius 2 is 0.574 bits per heavy atom. The van der Waals surface area contributed by atoms with Crippen LogP contribution in [0.3, 0.4) is 0 Å². The number of aliphatic hydroxyl groups excluding tert-OH is 6. The predicted octanol–water partition coefficient (Wildman–Crippen LogP) is 8.99. The lowest BCUT2D eigenvalue weighted by Crippen LogP contribution is -2.52. The van der Waals surface area contributed by atoms with Crippen LogP contribution in [0.15, 0.2) is 24.3 Å². The van der Waals surface area contributed by atoms with Gasteiger partial charge in [-0.05, 0) is 77.0 Å². The Balaban J connectivity index is -0.000000991. The first kappa shape index (κ1) is 64.3. The van der Waals surface area contributed by atoms with Crippen LogP contribution >= 0.6 is 0 Å². The minimum absolute atomic E-state index is 0.0611. The number of unbranched alkanes of at least 4 members (excludes halogenated alkanes) is 24. The highest BCUT2D eigenvalue weighted by Gasteiger charge is 2.25. The largest absolute Gasteiger partial charge is 0.759 e. The van der Waals surface area contributed by atoms with Crippen LogP contribution in [0.5, 0.6) is 0 Å². The fraction of sp³-hybridized carbons (Fsp3) is 0.917. The van der Waals surface area contributed by atoms with Crippen molar-refractivity contribution in [1.82, 2.24) is 0 Å². The molecule has 13 heteroatoms. The summed E-state index contributed by atoms with van der Waals surface area (Å²) in [7, 11) is -5.17. The average Bonchev–Trinajstić information content (AvgIpc) is 3.24. The average molecular weight is 897 g/mol. The van der Waals surface area contributed by atoms with Crippen LogP contribution in [0.25, 0.3) is 0 Å². The van der Waals surface area contributed by atoms with E-state index in [1.54, 1.807) is 0 Å². The van der Waals surface area contributed by atoms with Crippen molar-refractivity contribution in [2.75, 3.05) is 79.2 Å². The molecule has 0 bridgehead atoms. The van der Waals surface area contributed by atoms with E-state index in [2.05, 4.69) is 38.2 Å². The Kier molecular flexibility index (Phi) is 52.8. The van der Waals surface area contributed by atoms with Crippen molar-refractivity contribution < 1.29 is 57.1 Å². The molecule has 0 rings (SSSR count). The molecule has 6 N–H and O–H groups in total. The van der Waals surface area contributed by atoms with Crippen LogP contribution in [-0.4, -0.2) is 136 Å². The third-order valence-corrected chi connectivity index (χ3v) is 11.6. The summed E-state index contributed by atoms with van der Waals surface area (Å²) in [6.07, 6.45) is 47.2. The van der Waals surface area contributed by atoms with Crippen molar-refractivity contribution in [2.24, 2.45) is 0 Å². The van der Waals surface area contributed by atoms with Gasteiger partial charge in [-0.3, -0.25) is 17.4 Å². The Labute approximate surface area is 376 Å². The molecule has 0 aliphatic carbocycles. The molecule has 0 saturated heterocycles. The maximum Gasteiger partial charge on any atom is 0.180 e. The highest BCUT2D eigenvalue weighted by Crippen LogP contribution is 2.16. The number of nitrogens with zero attached hydrogens (tertiary/aromatic N) is 2. The van der Waals surface area contributed by atoms with E-state index < -0.39 is 10.4 Å². The van der Waals surface area contributed by atoms with Crippen molar-refractivity contribution in [1.29, 1.82) is 0 Å². The van der Waals surface area contributed by atoms with E-state index in [0.717, 1.165) is 39.0 Å². The van der Waals surface area contributed by atoms with Gasteiger partial charge in [-0.15, -0.1) is 0 Å². The van der Waals surface area contributed by atoms with Gasteiger partial charge in [0.1, 0.15) is 13.1 Å². The zero-order valence-corrected chi connectivity index (χ0v) is 40.4. The second kappa shape index (κ2) is 50.0. The zero-order chi connectivity index (χ0) is 46.0. The summed E-state index contributed by atoms with van der Waals surface area (Å²) in [5, 5.41) is 56.1. The molecule has 0 aliphatic rings. The van der Waals surface area contributed by atoms with Crippen molar-refractivity contribution >= 4 is 10.4 Å². The number of rotatable bonds is 44. The van der Waals surface area contributed by atoms with Crippen molar-refractivity contribution in [3.63, 3.8) is 0 Å². The van der Waals surface area contributed by atoms with Crippen molar-refractivity contribution in [2.45, 2.75) is 206 Å². The van der Waals surface area contributed by atoms with Crippen LogP contribution in [0.1, 0.15) is 206 Å². The zero-order valence-electron chi connectivity index (χ0n) is 39.6. The van der Waals surface area contributed by atoms with Gasteiger partial charge in [0.2, 0.25) is 0 Å². The molecule has 0 aliphatic heterocycles. The Morgan fingerprint density at radius 1 is 0.344 bits per heavy atom. The van der Waals surface area contributed by atoms with Crippen LogP contribution in [0.2, 0.25) is 0 Å². The molecular formula is C48H100N2O10S. The molecule has 0 amide bonds. The summed E-state index contributed by atoms with van der Waals surface area (Å²) in [6.45, 7) is 9.62. The molecule has 0 aromatic rings. The Bertz CT molecular complexity index is 948. The summed E-state index contributed by atoms with van der Waals surface area (Å²) in [5.41, 5.74) is 0. The standard InChI is InChI=1S/2C24H50NO3.H2O4S/c2*1-2-3-4-5-6-7-8-9-10-11-12-13-14-15-16-17-19-25(24-28,21-23-27)20-18-22-26;1-5(2,3)4/h2*9-10,26-28H,2-8,11-24H2,1H3;(H2,1,2,3,4)/q2*+1;/p-2/b2*10-9-;. The smallest absolute Gasteiger partial charge is 0.180 e. The van der Waals surface area contributed by atoms with E-state index in [9.17, 15) is 20.4 Å². The molecule has 0 fully saturated rings. The fourth-order valence-corrected chi connectivity index (χ4v) is 7.72. The second-order valence-corrected chi connectivity index (χ2v) is 18.0. The van der Waals surface area contributed by atoms with E-state index in [1.807, 2.05) is 0 Å². The molecule has 0 heterocycles. The van der Waals surface area contributed by atoms with Crippen LogP contribution in [0, 0.1) is 0 Å². The summed E-state index contributed by atoms with van der Waals surface area (Å²) < 4.78 is 35.1. The number of hydrogen-bond donors (Lipinski definition) is 6. The van der Waals surface area contributed by atoms with Gasteiger partial charge in [0.15, 0.2) is 13.5 Å². The molecule has 12 nitrogen and oxygen atoms in total. The molecule has 0 aromatic heterocycles. The Morgan fingerprint density at radius 3 is 0.803 bits per heavy atom. The lowest BCUT2D eigenvalue weighted by Gasteiger charge is -2.36. The SMILES string of the molecule is CCCCCCCC/C=C\CCCCCCCC[N+](CO)(CCO)CCCO.CCCCCCCC/C=C\CCCCCCCC[N+](CO)(CCO)CCCO.O=S(=O)([O-])[O-]. The molecule has 61 heavy (non-hydrogen) atoms. The lowest BCUT2D eigenvalue weighted by molar-refractivity contribution is -0.945. The van der Waals surface area contributed by atoms with Crippen LogP contribution in [0.4, 0.5) is 0 Å².